The van der Waals surface area contributed by atoms with Crippen LogP contribution in [0.15, 0.2) is 27.1 Å². The molecule has 1 aromatic carbocycles. The molecule has 1 atom stereocenters. The number of oxazole rings is 1. The molecular formula is C12H11BrN2O3. The predicted octanol–water partition coefficient (Wildman–Crippen LogP) is 3.41. The molecule has 1 aliphatic rings. The van der Waals surface area contributed by atoms with Crippen LogP contribution in [0.2, 0.25) is 0 Å². The molecule has 18 heavy (non-hydrogen) atoms. The summed E-state index contributed by atoms with van der Waals surface area (Å²) in [5.41, 5.74) is 1.43. The van der Waals surface area contributed by atoms with E-state index in [9.17, 15) is 4.79 Å². The van der Waals surface area contributed by atoms with Gasteiger partial charge in [-0.15, -0.1) is 0 Å². The van der Waals surface area contributed by atoms with Gasteiger partial charge in [-0.1, -0.05) is 15.9 Å². The molecule has 1 aromatic heterocycles. The molecule has 1 N–H and O–H groups in total. The van der Waals surface area contributed by atoms with Gasteiger partial charge in [0, 0.05) is 11.0 Å². The molecule has 0 saturated carbocycles. The lowest BCUT2D eigenvalue weighted by atomic mass is 10.2. The maximum atomic E-state index is 11.1. The first-order valence-corrected chi connectivity index (χ1v) is 6.50. The summed E-state index contributed by atoms with van der Waals surface area (Å²) in [6.45, 7) is 0.544. The van der Waals surface area contributed by atoms with E-state index in [0.717, 1.165) is 22.8 Å². The van der Waals surface area contributed by atoms with Gasteiger partial charge >= 0.3 is 6.09 Å². The first-order chi connectivity index (χ1) is 8.65. The van der Waals surface area contributed by atoms with Crippen molar-refractivity contribution in [1.82, 2.24) is 9.88 Å². The molecular weight excluding hydrogens is 300 g/mol. The van der Waals surface area contributed by atoms with E-state index in [-0.39, 0.29) is 6.04 Å². The molecule has 0 bridgehead atoms. The van der Waals surface area contributed by atoms with Crippen LogP contribution >= 0.6 is 15.9 Å². The van der Waals surface area contributed by atoms with Gasteiger partial charge in [0.1, 0.15) is 11.6 Å². The normalized spacial score (nSPS) is 19.6. The SMILES string of the molecule is O=C(O)N1CCCC1c1nc2cc(Br)ccc2o1. The maximum absolute atomic E-state index is 11.1. The minimum Gasteiger partial charge on any atom is -0.465 e. The van der Waals surface area contributed by atoms with Gasteiger partial charge < -0.3 is 9.52 Å². The molecule has 5 nitrogen and oxygen atoms in total. The van der Waals surface area contributed by atoms with Gasteiger partial charge in [0.25, 0.3) is 0 Å². The third kappa shape index (κ3) is 1.86. The topological polar surface area (TPSA) is 66.6 Å². The number of hydrogen-bond acceptors (Lipinski definition) is 3. The van der Waals surface area contributed by atoms with Crippen LogP contribution in [0.1, 0.15) is 24.8 Å². The van der Waals surface area contributed by atoms with E-state index in [4.69, 9.17) is 9.52 Å². The molecule has 0 radical (unpaired) electrons. The van der Waals surface area contributed by atoms with Crippen LogP contribution in [0.25, 0.3) is 11.1 Å². The number of fused-ring (bicyclic) bond motifs is 1. The largest absolute Gasteiger partial charge is 0.465 e. The van der Waals surface area contributed by atoms with E-state index in [2.05, 4.69) is 20.9 Å². The average Bonchev–Trinajstić information content (AvgIpc) is 2.93. The molecule has 1 unspecified atom stereocenters. The van der Waals surface area contributed by atoms with Gasteiger partial charge in [0.2, 0.25) is 5.89 Å². The van der Waals surface area contributed by atoms with Crippen molar-refractivity contribution in [3.63, 3.8) is 0 Å². The number of nitrogens with zero attached hydrogens (tertiary/aromatic N) is 2. The highest BCUT2D eigenvalue weighted by Gasteiger charge is 2.33. The maximum Gasteiger partial charge on any atom is 0.407 e. The van der Waals surface area contributed by atoms with Crippen LogP contribution in [0, 0.1) is 0 Å². The minimum atomic E-state index is -0.916. The second-order valence-corrected chi connectivity index (χ2v) is 5.21. The number of carboxylic acid groups (broad SMARTS) is 1. The highest BCUT2D eigenvalue weighted by Crippen LogP contribution is 2.33. The number of amides is 1. The van der Waals surface area contributed by atoms with Crippen LogP contribution in [0.3, 0.4) is 0 Å². The number of aromatic nitrogens is 1. The Labute approximate surface area is 112 Å². The molecule has 0 aliphatic carbocycles. The Balaban J connectivity index is 2.01. The quantitative estimate of drug-likeness (QED) is 0.876. The Kier molecular flexibility index (Phi) is 2.74. The van der Waals surface area contributed by atoms with E-state index >= 15 is 0 Å². The lowest BCUT2D eigenvalue weighted by Gasteiger charge is -2.17. The fourth-order valence-electron chi connectivity index (χ4n) is 2.31. The lowest BCUT2D eigenvalue weighted by Crippen LogP contribution is -2.28. The average molecular weight is 311 g/mol. The fourth-order valence-corrected chi connectivity index (χ4v) is 2.66. The summed E-state index contributed by atoms with van der Waals surface area (Å²) in [5, 5.41) is 9.11. The summed E-state index contributed by atoms with van der Waals surface area (Å²) in [5.74, 6) is 0.489. The molecule has 1 fully saturated rings. The highest BCUT2D eigenvalue weighted by atomic mass is 79.9. The summed E-state index contributed by atoms with van der Waals surface area (Å²) >= 11 is 3.37. The van der Waals surface area contributed by atoms with E-state index in [0.29, 0.717) is 18.0 Å². The molecule has 2 heterocycles. The zero-order valence-corrected chi connectivity index (χ0v) is 11.1. The Morgan fingerprint density at radius 3 is 3.17 bits per heavy atom. The molecule has 6 heteroatoms. The Hall–Kier alpha value is -1.56. The van der Waals surface area contributed by atoms with E-state index in [1.807, 2.05) is 18.2 Å². The summed E-state index contributed by atoms with van der Waals surface area (Å²) in [6.07, 6.45) is 0.695. The zero-order valence-electron chi connectivity index (χ0n) is 9.47. The molecule has 1 amide bonds. The number of benzene rings is 1. The number of likely N-dealkylation sites (tertiary alicyclic amines) is 1. The standard InChI is InChI=1S/C12H11BrN2O3/c13-7-3-4-10-8(6-7)14-11(18-10)9-2-1-5-15(9)12(16)17/h3-4,6,9H,1-2,5H2,(H,16,17). The van der Waals surface area contributed by atoms with Gasteiger partial charge in [0.05, 0.1) is 0 Å². The molecule has 3 rings (SSSR count). The smallest absolute Gasteiger partial charge is 0.407 e. The molecule has 1 aliphatic heterocycles. The Bertz CT molecular complexity index is 610. The van der Waals surface area contributed by atoms with Crippen molar-refractivity contribution in [2.75, 3.05) is 6.54 Å². The molecule has 94 valence electrons. The summed E-state index contributed by atoms with van der Waals surface area (Å²) < 4.78 is 6.58. The Morgan fingerprint density at radius 2 is 2.39 bits per heavy atom. The second-order valence-electron chi connectivity index (χ2n) is 4.30. The fraction of sp³-hybridized carbons (Fsp3) is 0.333. The number of hydrogen-bond donors (Lipinski definition) is 1. The highest BCUT2D eigenvalue weighted by molar-refractivity contribution is 9.10. The van der Waals surface area contributed by atoms with Crippen LogP contribution in [-0.4, -0.2) is 27.6 Å². The first kappa shape index (κ1) is 11.5. The van der Waals surface area contributed by atoms with Gasteiger partial charge in [-0.25, -0.2) is 9.78 Å². The van der Waals surface area contributed by atoms with Crippen LogP contribution in [0.5, 0.6) is 0 Å². The first-order valence-electron chi connectivity index (χ1n) is 5.71. The van der Waals surface area contributed by atoms with Crippen molar-refractivity contribution in [3.8, 4) is 0 Å². The summed E-state index contributed by atoms with van der Waals surface area (Å²) in [4.78, 5) is 16.9. The van der Waals surface area contributed by atoms with E-state index in [1.165, 1.54) is 4.90 Å². The Morgan fingerprint density at radius 1 is 1.56 bits per heavy atom. The van der Waals surface area contributed by atoms with E-state index < -0.39 is 6.09 Å². The van der Waals surface area contributed by atoms with E-state index in [1.54, 1.807) is 0 Å². The third-order valence-electron chi connectivity index (χ3n) is 3.15. The summed E-state index contributed by atoms with van der Waals surface area (Å²) in [7, 11) is 0. The summed E-state index contributed by atoms with van der Waals surface area (Å²) in [6, 6.07) is 5.31. The van der Waals surface area contributed by atoms with Crippen LogP contribution < -0.4 is 0 Å². The molecule has 1 saturated heterocycles. The van der Waals surface area contributed by atoms with Gasteiger partial charge in [0.15, 0.2) is 5.58 Å². The monoisotopic (exact) mass is 310 g/mol. The predicted molar refractivity (Wildman–Crippen MR) is 68.4 cm³/mol. The van der Waals surface area contributed by atoms with Crippen LogP contribution in [-0.2, 0) is 0 Å². The zero-order chi connectivity index (χ0) is 12.7. The van der Waals surface area contributed by atoms with Crippen LogP contribution in [0.4, 0.5) is 4.79 Å². The van der Waals surface area contributed by atoms with Gasteiger partial charge in [-0.3, -0.25) is 4.90 Å². The molecule has 2 aromatic rings. The van der Waals surface area contributed by atoms with Crippen molar-refractivity contribution >= 4 is 33.1 Å². The van der Waals surface area contributed by atoms with Gasteiger partial charge in [-0.2, -0.15) is 0 Å². The molecule has 0 spiro atoms. The van der Waals surface area contributed by atoms with Crippen molar-refractivity contribution in [2.24, 2.45) is 0 Å². The van der Waals surface area contributed by atoms with Crippen molar-refractivity contribution < 1.29 is 14.3 Å². The van der Waals surface area contributed by atoms with Crippen molar-refractivity contribution in [3.05, 3.63) is 28.6 Å². The number of carbonyl (C=O) groups is 1. The minimum absolute atomic E-state index is 0.256. The third-order valence-corrected chi connectivity index (χ3v) is 3.64. The number of rotatable bonds is 1. The van der Waals surface area contributed by atoms with Crippen molar-refractivity contribution in [2.45, 2.75) is 18.9 Å². The van der Waals surface area contributed by atoms with Crippen molar-refractivity contribution in [1.29, 1.82) is 0 Å². The number of halogens is 1. The van der Waals surface area contributed by atoms with Gasteiger partial charge in [-0.05, 0) is 31.0 Å². The lowest BCUT2D eigenvalue weighted by molar-refractivity contribution is 0.134. The second kappa shape index (κ2) is 4.28.